The molecule has 0 heterocycles. The Morgan fingerprint density at radius 3 is 2.52 bits per heavy atom. The van der Waals surface area contributed by atoms with Crippen LogP contribution in [0.1, 0.15) is 45.7 Å². The van der Waals surface area contributed by atoms with Crippen molar-refractivity contribution in [1.29, 1.82) is 0 Å². The molecule has 1 aromatic carbocycles. The summed E-state index contributed by atoms with van der Waals surface area (Å²) in [5.74, 6) is 0.844. The van der Waals surface area contributed by atoms with Gasteiger partial charge >= 0.3 is 0 Å². The highest BCUT2D eigenvalue weighted by atomic mass is 16.5. The van der Waals surface area contributed by atoms with Gasteiger partial charge in [-0.15, -0.1) is 0 Å². The maximum atomic E-state index is 5.48. The van der Waals surface area contributed by atoms with Crippen molar-refractivity contribution in [2.24, 2.45) is 4.99 Å². The third-order valence-corrected chi connectivity index (χ3v) is 4.07. The van der Waals surface area contributed by atoms with E-state index >= 15 is 0 Å². The van der Waals surface area contributed by atoms with E-state index in [2.05, 4.69) is 67.9 Å². The Bertz CT molecular complexity index is 520. The van der Waals surface area contributed by atoms with E-state index < -0.39 is 0 Å². The number of rotatable bonds is 13. The van der Waals surface area contributed by atoms with Gasteiger partial charge in [-0.25, -0.2) is 0 Å². The summed E-state index contributed by atoms with van der Waals surface area (Å²) in [5, 5.41) is 10.3. The molecule has 0 radical (unpaired) electrons. The van der Waals surface area contributed by atoms with Crippen molar-refractivity contribution in [3.05, 3.63) is 35.9 Å². The Labute approximate surface area is 165 Å². The van der Waals surface area contributed by atoms with Crippen LogP contribution in [0.25, 0.3) is 0 Å². The van der Waals surface area contributed by atoms with Gasteiger partial charge in [0.15, 0.2) is 5.96 Å². The van der Waals surface area contributed by atoms with E-state index in [-0.39, 0.29) is 11.6 Å². The predicted molar refractivity (Wildman–Crippen MR) is 113 cm³/mol. The Kier molecular flexibility index (Phi) is 11.7. The normalized spacial score (nSPS) is 13.4. The van der Waals surface area contributed by atoms with E-state index in [0.717, 1.165) is 32.1 Å². The van der Waals surface area contributed by atoms with Crippen LogP contribution in [0.2, 0.25) is 0 Å². The molecule has 0 aromatic heterocycles. The Morgan fingerprint density at radius 1 is 1.11 bits per heavy atom. The highest BCUT2D eigenvalue weighted by Gasteiger charge is 2.20. The van der Waals surface area contributed by atoms with Crippen molar-refractivity contribution in [1.82, 2.24) is 16.0 Å². The maximum Gasteiger partial charge on any atom is 0.191 e. The first-order valence-electron chi connectivity index (χ1n) is 9.90. The molecule has 6 nitrogen and oxygen atoms in total. The average molecular weight is 379 g/mol. The number of nitrogens with zero attached hydrogens (tertiary/aromatic N) is 1. The van der Waals surface area contributed by atoms with E-state index in [1.807, 2.05) is 6.07 Å². The number of guanidine groups is 1. The fourth-order valence-corrected chi connectivity index (χ4v) is 2.70. The number of methoxy groups -OCH3 is 1. The van der Waals surface area contributed by atoms with Crippen molar-refractivity contribution in [2.45, 2.75) is 45.7 Å². The lowest BCUT2D eigenvalue weighted by atomic mass is 10.0. The zero-order valence-corrected chi connectivity index (χ0v) is 17.7. The van der Waals surface area contributed by atoms with Crippen LogP contribution in [0.15, 0.2) is 35.3 Å². The molecule has 6 heteroatoms. The largest absolute Gasteiger partial charge is 0.382 e. The molecule has 0 aliphatic carbocycles. The first-order valence-corrected chi connectivity index (χ1v) is 9.90. The second-order valence-corrected chi connectivity index (χ2v) is 7.24. The molecule has 0 spiro atoms. The smallest absolute Gasteiger partial charge is 0.191 e. The van der Waals surface area contributed by atoms with Crippen molar-refractivity contribution < 1.29 is 9.47 Å². The maximum absolute atomic E-state index is 5.48. The molecular formula is C21H38N4O2. The van der Waals surface area contributed by atoms with Gasteiger partial charge in [0.2, 0.25) is 0 Å². The summed E-state index contributed by atoms with van der Waals surface area (Å²) in [4.78, 5) is 4.75. The van der Waals surface area contributed by atoms with Crippen LogP contribution in [0.4, 0.5) is 0 Å². The minimum absolute atomic E-state index is 0.110. The van der Waals surface area contributed by atoms with Crippen LogP contribution in [0.3, 0.4) is 0 Å². The van der Waals surface area contributed by atoms with Crippen molar-refractivity contribution in [3.8, 4) is 0 Å². The van der Waals surface area contributed by atoms with Gasteiger partial charge in [-0.05, 0) is 39.7 Å². The Hall–Kier alpha value is -1.63. The molecular weight excluding hydrogens is 340 g/mol. The average Bonchev–Trinajstić information content (AvgIpc) is 2.65. The summed E-state index contributed by atoms with van der Waals surface area (Å²) < 4.78 is 10.4. The lowest BCUT2D eigenvalue weighted by molar-refractivity contribution is 0.0698. The van der Waals surface area contributed by atoms with E-state index in [1.54, 1.807) is 7.11 Å². The minimum atomic E-state index is -0.110. The summed E-state index contributed by atoms with van der Waals surface area (Å²) in [6, 6.07) is 10.8. The molecule has 1 rings (SSSR count). The molecule has 1 atom stereocenters. The van der Waals surface area contributed by atoms with Gasteiger partial charge in [0.1, 0.15) is 0 Å². The Morgan fingerprint density at radius 2 is 1.85 bits per heavy atom. The first kappa shape index (κ1) is 23.4. The van der Waals surface area contributed by atoms with E-state index in [9.17, 15) is 0 Å². The topological polar surface area (TPSA) is 66.9 Å². The van der Waals surface area contributed by atoms with Gasteiger partial charge in [0.25, 0.3) is 0 Å². The molecule has 1 aromatic rings. The van der Waals surface area contributed by atoms with Gasteiger partial charge in [-0.1, -0.05) is 30.3 Å². The van der Waals surface area contributed by atoms with Crippen LogP contribution in [-0.4, -0.2) is 58.1 Å². The van der Waals surface area contributed by atoms with Crippen LogP contribution in [-0.2, 0) is 9.47 Å². The molecule has 154 valence electrons. The van der Waals surface area contributed by atoms with Gasteiger partial charge in [-0.2, -0.15) is 0 Å². The summed E-state index contributed by atoms with van der Waals surface area (Å²) in [7, 11) is 1.68. The second kappa shape index (κ2) is 13.5. The van der Waals surface area contributed by atoms with Crippen LogP contribution < -0.4 is 16.0 Å². The van der Waals surface area contributed by atoms with Crippen LogP contribution in [0, 0.1) is 0 Å². The zero-order valence-electron chi connectivity index (χ0n) is 17.7. The van der Waals surface area contributed by atoms with Gasteiger partial charge in [0.05, 0.1) is 19.8 Å². The van der Waals surface area contributed by atoms with Crippen molar-refractivity contribution >= 4 is 5.96 Å². The van der Waals surface area contributed by atoms with E-state index in [0.29, 0.717) is 19.8 Å². The lowest BCUT2D eigenvalue weighted by Crippen LogP contribution is -2.45. The van der Waals surface area contributed by atoms with E-state index in [1.165, 1.54) is 5.56 Å². The van der Waals surface area contributed by atoms with Crippen LogP contribution in [0.5, 0.6) is 0 Å². The highest BCUT2D eigenvalue weighted by Crippen LogP contribution is 2.16. The van der Waals surface area contributed by atoms with Gasteiger partial charge in [0, 0.05) is 38.4 Å². The quantitative estimate of drug-likeness (QED) is 0.280. The standard InChI is InChI=1S/C21H38N4O2/c1-6-22-20(23-13-10-14-27-16-15-26-5)24-17-21(3,4)25-18(2)19-11-8-7-9-12-19/h7-9,11-12,18,25H,6,10,13-17H2,1-5H3,(H2,22,23,24). The number of ether oxygens (including phenoxy) is 2. The molecule has 27 heavy (non-hydrogen) atoms. The third kappa shape index (κ3) is 11.0. The predicted octanol–water partition coefficient (Wildman–Crippen LogP) is 2.72. The van der Waals surface area contributed by atoms with Crippen molar-refractivity contribution in [3.63, 3.8) is 0 Å². The fraction of sp³-hybridized carbons (Fsp3) is 0.667. The van der Waals surface area contributed by atoms with E-state index in [4.69, 9.17) is 14.5 Å². The summed E-state index contributed by atoms with van der Waals surface area (Å²) in [5.41, 5.74) is 1.17. The molecule has 0 aliphatic heterocycles. The van der Waals surface area contributed by atoms with Crippen molar-refractivity contribution in [2.75, 3.05) is 46.6 Å². The Balaban J connectivity index is 2.42. The lowest BCUT2D eigenvalue weighted by Gasteiger charge is -2.29. The van der Waals surface area contributed by atoms with Gasteiger partial charge < -0.3 is 25.4 Å². The number of benzene rings is 1. The molecule has 0 amide bonds. The molecule has 0 fully saturated rings. The number of hydrogen-bond acceptors (Lipinski definition) is 4. The fourth-order valence-electron chi connectivity index (χ4n) is 2.70. The zero-order chi connectivity index (χ0) is 20.0. The molecule has 0 bridgehead atoms. The number of hydrogen-bond donors (Lipinski definition) is 3. The van der Waals surface area contributed by atoms with Gasteiger partial charge in [-0.3, -0.25) is 4.99 Å². The summed E-state index contributed by atoms with van der Waals surface area (Å²) >= 11 is 0. The molecule has 1 unspecified atom stereocenters. The highest BCUT2D eigenvalue weighted by molar-refractivity contribution is 5.79. The summed E-state index contributed by atoms with van der Waals surface area (Å²) in [6.45, 7) is 13.0. The van der Waals surface area contributed by atoms with Crippen LogP contribution >= 0.6 is 0 Å². The minimum Gasteiger partial charge on any atom is -0.382 e. The number of aliphatic imine (C=N–C) groups is 1. The first-order chi connectivity index (χ1) is 13.0. The third-order valence-electron chi connectivity index (χ3n) is 4.07. The molecule has 3 N–H and O–H groups in total. The molecule has 0 saturated carbocycles. The second-order valence-electron chi connectivity index (χ2n) is 7.24. The molecule has 0 saturated heterocycles. The summed E-state index contributed by atoms with van der Waals surface area (Å²) in [6.07, 6.45) is 0.931. The monoisotopic (exact) mass is 378 g/mol. The SMILES string of the molecule is CCNC(=NCC(C)(C)NC(C)c1ccccc1)NCCCOCCOC. The molecule has 0 aliphatic rings. The number of nitrogens with one attached hydrogen (secondary N) is 3.